The normalized spacial score (nSPS) is 42.6. The number of hydrogen-bond donors (Lipinski definition) is 0. The van der Waals surface area contributed by atoms with Gasteiger partial charge in [0.1, 0.15) is 0 Å². The molecule has 0 bridgehead atoms. The van der Waals surface area contributed by atoms with Gasteiger partial charge in [-0.05, 0) is 31.7 Å². The summed E-state index contributed by atoms with van der Waals surface area (Å²) in [5, 5.41) is 0. The van der Waals surface area contributed by atoms with Crippen LogP contribution in [0.2, 0.25) is 0 Å². The Hall–Kier alpha value is -0.120. The van der Waals surface area contributed by atoms with Crippen molar-refractivity contribution in [1.82, 2.24) is 4.90 Å². The fraction of sp³-hybridized carbons (Fsp3) is 1.00. The Morgan fingerprint density at radius 2 is 1.87 bits per heavy atom. The molecular weight excluding hydrogens is 190 g/mol. The van der Waals surface area contributed by atoms with Gasteiger partial charge in [0.05, 0.1) is 12.2 Å². The second kappa shape index (κ2) is 4.81. The first kappa shape index (κ1) is 11.4. The van der Waals surface area contributed by atoms with Gasteiger partial charge in [0, 0.05) is 26.8 Å². The average molecular weight is 213 g/mol. The number of nitrogens with zero attached hydrogens (tertiary/aromatic N) is 1. The van der Waals surface area contributed by atoms with Crippen molar-refractivity contribution in [1.29, 1.82) is 0 Å². The van der Waals surface area contributed by atoms with Crippen molar-refractivity contribution in [2.24, 2.45) is 5.92 Å². The summed E-state index contributed by atoms with van der Waals surface area (Å²) in [5.74, 6) is 0.713. The van der Waals surface area contributed by atoms with Crippen molar-refractivity contribution >= 4 is 0 Å². The molecule has 2 fully saturated rings. The molecule has 0 N–H and O–H groups in total. The highest BCUT2D eigenvalue weighted by Crippen LogP contribution is 2.31. The number of piperidine rings is 1. The van der Waals surface area contributed by atoms with E-state index in [2.05, 4.69) is 11.8 Å². The quantitative estimate of drug-likeness (QED) is 0.709. The Morgan fingerprint density at radius 3 is 2.47 bits per heavy atom. The van der Waals surface area contributed by atoms with E-state index in [1.54, 1.807) is 0 Å². The molecule has 1 heterocycles. The summed E-state index contributed by atoms with van der Waals surface area (Å²) in [5.41, 5.74) is 0. The Kier molecular flexibility index (Phi) is 3.65. The van der Waals surface area contributed by atoms with Crippen molar-refractivity contribution in [3.05, 3.63) is 0 Å². The van der Waals surface area contributed by atoms with Crippen LogP contribution < -0.4 is 0 Å². The van der Waals surface area contributed by atoms with Crippen molar-refractivity contribution in [2.75, 3.05) is 27.3 Å². The van der Waals surface area contributed by atoms with Gasteiger partial charge in [-0.25, -0.2) is 0 Å². The Labute approximate surface area is 92.7 Å². The summed E-state index contributed by atoms with van der Waals surface area (Å²) >= 11 is 0. The lowest BCUT2D eigenvalue weighted by Crippen LogP contribution is -2.54. The highest BCUT2D eigenvalue weighted by atomic mass is 16.5. The Bertz CT molecular complexity index is 204. The molecule has 3 heteroatoms. The van der Waals surface area contributed by atoms with Crippen LogP contribution in [0.25, 0.3) is 0 Å². The molecule has 15 heavy (non-hydrogen) atoms. The molecule has 88 valence electrons. The molecule has 3 nitrogen and oxygen atoms in total. The highest BCUT2D eigenvalue weighted by Gasteiger charge is 2.37. The summed E-state index contributed by atoms with van der Waals surface area (Å²) in [7, 11) is 3.65. The largest absolute Gasteiger partial charge is 0.381 e. The third-order valence-electron chi connectivity index (χ3n) is 4.14. The highest BCUT2D eigenvalue weighted by molar-refractivity contribution is 4.91. The van der Waals surface area contributed by atoms with Gasteiger partial charge in [-0.3, -0.25) is 4.90 Å². The summed E-state index contributed by atoms with van der Waals surface area (Å²) in [6.45, 7) is 4.64. The smallest absolute Gasteiger partial charge is 0.0724 e. The van der Waals surface area contributed by atoms with Gasteiger partial charge in [-0.1, -0.05) is 6.92 Å². The summed E-state index contributed by atoms with van der Waals surface area (Å²) in [6, 6.07) is 0.750. The SMILES string of the molecule is COC1CC(N2CC[C@@H](C)[C@H](OC)C2)C1. The maximum atomic E-state index is 5.53. The number of likely N-dealkylation sites (tertiary alicyclic amines) is 1. The molecule has 1 aliphatic carbocycles. The van der Waals surface area contributed by atoms with Gasteiger partial charge < -0.3 is 9.47 Å². The van der Waals surface area contributed by atoms with Crippen molar-refractivity contribution in [3.63, 3.8) is 0 Å². The van der Waals surface area contributed by atoms with Crippen molar-refractivity contribution in [3.8, 4) is 0 Å². The molecule has 0 spiro atoms. The van der Waals surface area contributed by atoms with Gasteiger partial charge in [-0.2, -0.15) is 0 Å². The van der Waals surface area contributed by atoms with Crippen LogP contribution in [0.1, 0.15) is 26.2 Å². The number of hydrogen-bond acceptors (Lipinski definition) is 3. The minimum atomic E-state index is 0.431. The topological polar surface area (TPSA) is 21.7 Å². The van der Waals surface area contributed by atoms with Crippen LogP contribution in [0.3, 0.4) is 0 Å². The minimum Gasteiger partial charge on any atom is -0.381 e. The Morgan fingerprint density at radius 1 is 1.13 bits per heavy atom. The number of ether oxygens (including phenoxy) is 2. The molecule has 0 aromatic carbocycles. The lowest BCUT2D eigenvalue weighted by Gasteiger charge is -2.46. The van der Waals surface area contributed by atoms with Crippen molar-refractivity contribution in [2.45, 2.75) is 44.4 Å². The van der Waals surface area contributed by atoms with Crippen LogP contribution in [0.15, 0.2) is 0 Å². The van der Waals surface area contributed by atoms with Gasteiger partial charge in [0.15, 0.2) is 0 Å². The van der Waals surface area contributed by atoms with Crippen LogP contribution in [-0.4, -0.2) is 50.5 Å². The zero-order valence-corrected chi connectivity index (χ0v) is 10.1. The van der Waals surface area contributed by atoms with Crippen LogP contribution in [0.4, 0.5) is 0 Å². The van der Waals surface area contributed by atoms with E-state index in [-0.39, 0.29) is 0 Å². The fourth-order valence-electron chi connectivity index (χ4n) is 2.72. The van der Waals surface area contributed by atoms with E-state index < -0.39 is 0 Å². The molecule has 2 atom stereocenters. The minimum absolute atomic E-state index is 0.431. The van der Waals surface area contributed by atoms with Crippen LogP contribution in [0, 0.1) is 5.92 Å². The second-order valence-corrected chi connectivity index (χ2v) is 5.02. The van der Waals surface area contributed by atoms with E-state index >= 15 is 0 Å². The van der Waals surface area contributed by atoms with E-state index in [0.717, 1.165) is 12.6 Å². The van der Waals surface area contributed by atoms with E-state index in [9.17, 15) is 0 Å². The zero-order chi connectivity index (χ0) is 10.8. The van der Waals surface area contributed by atoms with E-state index in [1.165, 1.54) is 25.8 Å². The third kappa shape index (κ3) is 2.35. The monoisotopic (exact) mass is 213 g/mol. The first-order valence-electron chi connectivity index (χ1n) is 6.04. The molecule has 0 amide bonds. The second-order valence-electron chi connectivity index (χ2n) is 5.02. The predicted octanol–water partition coefficient (Wildman–Crippen LogP) is 1.52. The maximum Gasteiger partial charge on any atom is 0.0724 e. The lowest BCUT2D eigenvalue weighted by molar-refractivity contribution is -0.0710. The van der Waals surface area contributed by atoms with E-state index in [1.807, 2.05) is 14.2 Å². The number of methoxy groups -OCH3 is 2. The summed E-state index contributed by atoms with van der Waals surface area (Å²) < 4.78 is 10.9. The molecule has 1 saturated heterocycles. The average Bonchev–Trinajstić information content (AvgIpc) is 2.19. The molecule has 0 unspecified atom stereocenters. The molecule has 1 saturated carbocycles. The fourth-order valence-corrected chi connectivity index (χ4v) is 2.72. The van der Waals surface area contributed by atoms with Crippen molar-refractivity contribution < 1.29 is 9.47 Å². The first-order valence-corrected chi connectivity index (χ1v) is 6.04. The Balaban J connectivity index is 1.80. The summed E-state index contributed by atoms with van der Waals surface area (Å²) in [4.78, 5) is 2.59. The summed E-state index contributed by atoms with van der Waals surface area (Å²) in [6.07, 6.45) is 4.63. The van der Waals surface area contributed by atoms with Crippen LogP contribution in [0.5, 0.6) is 0 Å². The van der Waals surface area contributed by atoms with E-state index in [0.29, 0.717) is 18.1 Å². The molecule has 0 aromatic heterocycles. The maximum absolute atomic E-state index is 5.53. The molecule has 2 aliphatic rings. The van der Waals surface area contributed by atoms with Crippen LogP contribution >= 0.6 is 0 Å². The molecule has 0 aromatic rings. The standard InChI is InChI=1S/C12H23NO2/c1-9-4-5-13(8-12(9)15-3)10-6-11(7-10)14-2/h9-12H,4-8H2,1-3H3/t9-,10?,11?,12-/m1/s1. The van der Waals surface area contributed by atoms with E-state index in [4.69, 9.17) is 9.47 Å². The first-order chi connectivity index (χ1) is 7.24. The molecular formula is C12H23NO2. The lowest BCUT2D eigenvalue weighted by atomic mass is 9.85. The third-order valence-corrected chi connectivity index (χ3v) is 4.14. The van der Waals surface area contributed by atoms with Gasteiger partial charge in [-0.15, -0.1) is 0 Å². The van der Waals surface area contributed by atoms with Gasteiger partial charge in [0.25, 0.3) is 0 Å². The van der Waals surface area contributed by atoms with Gasteiger partial charge >= 0.3 is 0 Å². The zero-order valence-electron chi connectivity index (χ0n) is 10.1. The molecule has 1 aliphatic heterocycles. The molecule has 0 radical (unpaired) electrons. The molecule has 2 rings (SSSR count). The predicted molar refractivity (Wildman–Crippen MR) is 60.0 cm³/mol. The van der Waals surface area contributed by atoms with Crippen LogP contribution in [-0.2, 0) is 9.47 Å². The number of rotatable bonds is 3. The van der Waals surface area contributed by atoms with Gasteiger partial charge in [0.2, 0.25) is 0 Å².